The highest BCUT2D eigenvalue weighted by Gasteiger charge is 2.66. The Kier molecular flexibility index (Phi) is 14.3. The maximum absolute atomic E-state index is 14.0. The van der Waals surface area contributed by atoms with E-state index < -0.39 is 85.4 Å². The standard InChI is InChI=1S/C47H68O15/c1-23(2)8-15-34(50)24(3)31-19-32-30(14-11-27-18-28(49)16-17-46(27,32)5)33-20-37(42(54)47(31,33)6)60-45-41(59-25(4)48)39(36(52)22-58-45)62-44-40(38(53)35(51)21-57-44)61-43(55)26-9-12-29(56-7)13-10-26/h9-13,23-24,28,30-33,35-42,44-45,49,51-54H,8,14-22H2,1-7H3/t24-,28-,30?,31?,32?,33?,35?,36?,37-,38?,39?,40?,41?,42+,44?,45?,46-,47-/m0/s1. The van der Waals surface area contributed by atoms with Gasteiger partial charge in [0, 0.05) is 24.7 Å². The van der Waals surface area contributed by atoms with Gasteiger partial charge in [0.05, 0.1) is 44.2 Å². The molecule has 346 valence electrons. The molecule has 0 aromatic heterocycles. The minimum Gasteiger partial charge on any atom is -0.497 e. The monoisotopic (exact) mass is 872 g/mol. The molecule has 0 spiro atoms. The smallest absolute Gasteiger partial charge is 0.338 e. The number of fused-ring (bicyclic) bond motifs is 5. The Bertz CT molecular complexity index is 1780. The Hall–Kier alpha value is -2.99. The SMILES string of the molecule is COc1ccc(C(=O)OC2C(OC3C(O)COC(O[C@H]4CC5C6CC=C7C[C@@H](O)CC[C@]7(C)C6CC([C@H](C)C(=O)CCC(C)C)[C@]5(C)[C@@H]4O)C3OC(C)=O)OCC(O)C2O)cc1. The van der Waals surface area contributed by atoms with Crippen molar-refractivity contribution in [3.05, 3.63) is 41.5 Å². The second kappa shape index (κ2) is 18.9. The molecule has 15 heteroatoms. The highest BCUT2D eigenvalue weighted by atomic mass is 16.7. The molecule has 3 saturated carbocycles. The van der Waals surface area contributed by atoms with Gasteiger partial charge in [0.25, 0.3) is 0 Å². The largest absolute Gasteiger partial charge is 0.497 e. The summed E-state index contributed by atoms with van der Waals surface area (Å²) in [6, 6.07) is 6.05. The van der Waals surface area contributed by atoms with Crippen molar-refractivity contribution in [2.75, 3.05) is 20.3 Å². The molecule has 0 amide bonds. The molecule has 4 aliphatic carbocycles. The van der Waals surface area contributed by atoms with E-state index in [9.17, 15) is 39.9 Å². The zero-order chi connectivity index (χ0) is 44.8. The van der Waals surface area contributed by atoms with Crippen LogP contribution in [0.2, 0.25) is 0 Å². The number of aliphatic hydroxyl groups excluding tert-OH is 5. The summed E-state index contributed by atoms with van der Waals surface area (Å²) in [4.78, 5) is 40.0. The Morgan fingerprint density at radius 3 is 2.19 bits per heavy atom. The van der Waals surface area contributed by atoms with E-state index in [1.54, 1.807) is 12.1 Å². The molecule has 5 N–H and O–H groups in total. The van der Waals surface area contributed by atoms with Gasteiger partial charge in [-0.05, 0) is 104 Å². The van der Waals surface area contributed by atoms with Crippen LogP contribution in [0.4, 0.5) is 0 Å². The van der Waals surface area contributed by atoms with Crippen molar-refractivity contribution in [1.82, 2.24) is 0 Å². The van der Waals surface area contributed by atoms with Crippen LogP contribution in [0.1, 0.15) is 103 Å². The fourth-order valence-corrected chi connectivity index (χ4v) is 12.0. The van der Waals surface area contributed by atoms with Gasteiger partial charge in [0.1, 0.15) is 35.9 Å². The average molecular weight is 873 g/mol. The van der Waals surface area contributed by atoms with Crippen molar-refractivity contribution in [2.45, 2.75) is 160 Å². The van der Waals surface area contributed by atoms with Gasteiger partial charge in [-0.3, -0.25) is 9.59 Å². The van der Waals surface area contributed by atoms with E-state index in [-0.39, 0.29) is 59.1 Å². The second-order valence-electron chi connectivity index (χ2n) is 19.7. The first-order valence-electron chi connectivity index (χ1n) is 22.6. The van der Waals surface area contributed by atoms with Crippen LogP contribution in [0.3, 0.4) is 0 Å². The lowest BCUT2D eigenvalue weighted by Crippen LogP contribution is -2.62. The Morgan fingerprint density at radius 2 is 1.53 bits per heavy atom. The first-order valence-corrected chi connectivity index (χ1v) is 22.6. The summed E-state index contributed by atoms with van der Waals surface area (Å²) in [5, 5.41) is 56.2. The van der Waals surface area contributed by atoms with E-state index in [1.165, 1.54) is 31.7 Å². The molecular formula is C47H68O15. The first kappa shape index (κ1) is 47.0. The van der Waals surface area contributed by atoms with Crippen LogP contribution in [0.15, 0.2) is 35.9 Å². The number of allylic oxidation sites excluding steroid dienone is 1. The summed E-state index contributed by atoms with van der Waals surface area (Å²) in [7, 11) is 1.48. The molecule has 18 atom stereocenters. The fraction of sp³-hybridized carbons (Fsp3) is 0.766. The third-order valence-electron chi connectivity index (χ3n) is 15.6. The average Bonchev–Trinajstić information content (AvgIpc) is 3.50. The maximum atomic E-state index is 14.0. The number of carbonyl (C=O) groups excluding carboxylic acids is 3. The molecule has 2 aliphatic heterocycles. The number of rotatable bonds is 13. The van der Waals surface area contributed by atoms with Crippen LogP contribution in [0, 0.1) is 46.3 Å². The Labute approximate surface area is 364 Å². The summed E-state index contributed by atoms with van der Waals surface area (Å²) in [5.74, 6) is -0.671. The van der Waals surface area contributed by atoms with Gasteiger partial charge in [-0.2, -0.15) is 0 Å². The van der Waals surface area contributed by atoms with Crippen LogP contribution in [0.5, 0.6) is 5.75 Å². The predicted molar refractivity (Wildman–Crippen MR) is 221 cm³/mol. The zero-order valence-electron chi connectivity index (χ0n) is 37.1. The molecule has 62 heavy (non-hydrogen) atoms. The van der Waals surface area contributed by atoms with Gasteiger partial charge in [0.15, 0.2) is 24.8 Å². The normalized spacial score (nSPS) is 42.1. The number of benzene rings is 1. The summed E-state index contributed by atoms with van der Waals surface area (Å²) < 4.78 is 41.3. The molecule has 2 heterocycles. The van der Waals surface area contributed by atoms with Gasteiger partial charge in [-0.15, -0.1) is 0 Å². The molecule has 1 aromatic carbocycles. The minimum absolute atomic E-state index is 0.0498. The Morgan fingerprint density at radius 1 is 0.855 bits per heavy atom. The van der Waals surface area contributed by atoms with Crippen molar-refractivity contribution < 1.29 is 73.1 Å². The van der Waals surface area contributed by atoms with Crippen molar-refractivity contribution in [2.24, 2.45) is 46.3 Å². The van der Waals surface area contributed by atoms with Gasteiger partial charge in [0.2, 0.25) is 0 Å². The van der Waals surface area contributed by atoms with Crippen LogP contribution >= 0.6 is 0 Å². The number of Topliss-reactive ketones (excluding diaryl/α,β-unsaturated/α-hetero) is 1. The number of hydrogen-bond acceptors (Lipinski definition) is 15. The number of carbonyl (C=O) groups is 3. The first-order chi connectivity index (χ1) is 29.4. The zero-order valence-corrected chi connectivity index (χ0v) is 37.1. The van der Waals surface area contributed by atoms with Crippen molar-refractivity contribution in [3.8, 4) is 5.75 Å². The fourth-order valence-electron chi connectivity index (χ4n) is 12.0. The molecule has 6 aliphatic rings. The van der Waals surface area contributed by atoms with Gasteiger partial charge in [-0.25, -0.2) is 4.79 Å². The van der Waals surface area contributed by atoms with Crippen LogP contribution in [-0.2, 0) is 38.0 Å². The summed E-state index contributed by atoms with van der Waals surface area (Å²) >= 11 is 0. The number of hydrogen-bond donors (Lipinski definition) is 5. The number of aliphatic hydroxyl groups is 5. The third kappa shape index (κ3) is 8.99. The van der Waals surface area contributed by atoms with Crippen LogP contribution in [-0.4, -0.2) is 131 Å². The summed E-state index contributed by atoms with van der Waals surface area (Å²) in [6.45, 7) is 11.1. The van der Waals surface area contributed by atoms with E-state index in [0.717, 1.165) is 25.7 Å². The lowest BCUT2D eigenvalue weighted by molar-refractivity contribution is -0.341. The molecule has 5 fully saturated rings. The molecular weight excluding hydrogens is 805 g/mol. The molecule has 2 saturated heterocycles. The third-order valence-corrected chi connectivity index (χ3v) is 15.6. The van der Waals surface area contributed by atoms with Crippen LogP contribution < -0.4 is 4.74 Å². The van der Waals surface area contributed by atoms with E-state index in [4.69, 9.17) is 33.2 Å². The molecule has 0 bridgehead atoms. The van der Waals surface area contributed by atoms with Crippen molar-refractivity contribution >= 4 is 17.7 Å². The number of methoxy groups -OCH3 is 1. The number of ether oxygens (including phenoxy) is 7. The highest BCUT2D eigenvalue weighted by Crippen LogP contribution is 2.68. The van der Waals surface area contributed by atoms with Gasteiger partial charge < -0.3 is 58.7 Å². The molecule has 1 aromatic rings. The molecule has 0 radical (unpaired) electrons. The lowest BCUT2D eigenvalue weighted by Gasteiger charge is -2.61. The molecule has 15 nitrogen and oxygen atoms in total. The highest BCUT2D eigenvalue weighted by molar-refractivity contribution is 5.89. The quantitative estimate of drug-likeness (QED) is 0.140. The van der Waals surface area contributed by atoms with E-state index >= 15 is 0 Å². The topological polar surface area (TPSA) is 217 Å². The predicted octanol–water partition coefficient (Wildman–Crippen LogP) is 3.88. The molecule has 12 unspecified atom stereocenters. The lowest BCUT2D eigenvalue weighted by atomic mass is 9.44. The second-order valence-corrected chi connectivity index (χ2v) is 19.7. The van der Waals surface area contributed by atoms with Gasteiger partial charge >= 0.3 is 11.9 Å². The van der Waals surface area contributed by atoms with Crippen molar-refractivity contribution in [1.29, 1.82) is 0 Å². The number of esters is 2. The molecule has 7 rings (SSSR count). The van der Waals surface area contributed by atoms with Gasteiger partial charge in [-0.1, -0.05) is 46.3 Å². The van der Waals surface area contributed by atoms with E-state index in [0.29, 0.717) is 37.4 Å². The minimum atomic E-state index is -1.65. The summed E-state index contributed by atoms with van der Waals surface area (Å²) in [6.07, 6.45) is -6.29. The van der Waals surface area contributed by atoms with E-state index in [1.807, 2.05) is 6.92 Å². The number of ketones is 1. The Balaban J connectivity index is 1.15. The van der Waals surface area contributed by atoms with Crippen LogP contribution in [0.25, 0.3) is 0 Å². The van der Waals surface area contributed by atoms with Crippen molar-refractivity contribution in [3.63, 3.8) is 0 Å². The van der Waals surface area contributed by atoms with E-state index in [2.05, 4.69) is 33.8 Å². The summed E-state index contributed by atoms with van der Waals surface area (Å²) in [5.41, 5.74) is 0.531. The maximum Gasteiger partial charge on any atom is 0.338 e.